The van der Waals surface area contributed by atoms with Crippen LogP contribution in [0.3, 0.4) is 0 Å². The van der Waals surface area contributed by atoms with Crippen LogP contribution in [0, 0.1) is 0 Å². The third-order valence-electron chi connectivity index (χ3n) is 6.29. The zero-order chi connectivity index (χ0) is 23.4. The number of unbranched alkanes of at least 4 members (excludes halogenated alkanes) is 1. The van der Waals surface area contributed by atoms with Gasteiger partial charge in [0.2, 0.25) is 15.9 Å². The van der Waals surface area contributed by atoms with Gasteiger partial charge in [0.1, 0.15) is 0 Å². The number of nitrogens with zero attached hydrogens (tertiary/aromatic N) is 3. The summed E-state index contributed by atoms with van der Waals surface area (Å²) < 4.78 is 33.5. The Balaban J connectivity index is 1.39. The number of nitrogens with one attached hydrogen (secondary N) is 1. The fourth-order valence-electron chi connectivity index (χ4n) is 4.46. The van der Waals surface area contributed by atoms with E-state index in [9.17, 15) is 13.2 Å². The second-order valence-corrected chi connectivity index (χ2v) is 10.8. The molecule has 0 radical (unpaired) electrons. The van der Waals surface area contributed by atoms with E-state index in [1.54, 1.807) is 22.8 Å². The van der Waals surface area contributed by atoms with Gasteiger partial charge in [0.25, 0.3) is 0 Å². The quantitative estimate of drug-likeness (QED) is 0.346. The maximum Gasteiger partial charge on any atom is 0.243 e. The molecule has 1 N–H and O–H groups in total. The number of hydrogen-bond acceptors (Lipinski definition) is 6. The summed E-state index contributed by atoms with van der Waals surface area (Å²) in [6.45, 7) is 5.37. The van der Waals surface area contributed by atoms with Gasteiger partial charge in [-0.2, -0.15) is 4.31 Å². The van der Waals surface area contributed by atoms with Crippen molar-refractivity contribution < 1.29 is 17.9 Å². The van der Waals surface area contributed by atoms with Crippen LogP contribution in [-0.4, -0.2) is 86.2 Å². The monoisotopic (exact) mass is 478 g/mol. The summed E-state index contributed by atoms with van der Waals surface area (Å²) in [7, 11) is -3.30. The SMILES string of the molecule is O=C(C=Cc1cccnc1)NCCCCS(=O)(=O)N(CCCN1CCOCC1)C1CCCC1. The Kier molecular flexibility index (Phi) is 10.8. The summed E-state index contributed by atoms with van der Waals surface area (Å²) in [5.74, 6) is -0.0416. The van der Waals surface area contributed by atoms with Gasteiger partial charge in [-0.1, -0.05) is 18.9 Å². The maximum absolute atomic E-state index is 13.1. The first kappa shape index (κ1) is 25.8. The summed E-state index contributed by atoms with van der Waals surface area (Å²) in [6.07, 6.45) is 12.8. The third kappa shape index (κ3) is 9.16. The number of carbonyl (C=O) groups excluding carboxylic acids is 1. The zero-order valence-corrected chi connectivity index (χ0v) is 20.3. The number of aromatic nitrogens is 1. The molecule has 2 heterocycles. The summed E-state index contributed by atoms with van der Waals surface area (Å²) in [6, 6.07) is 3.84. The molecule has 2 fully saturated rings. The average molecular weight is 479 g/mol. The molecule has 2 aliphatic rings. The summed E-state index contributed by atoms with van der Waals surface area (Å²) in [5.41, 5.74) is 0.861. The van der Waals surface area contributed by atoms with Gasteiger partial charge in [0, 0.05) is 50.7 Å². The van der Waals surface area contributed by atoms with E-state index in [1.165, 1.54) is 6.08 Å². The normalized spacial score (nSPS) is 18.3. The number of morpholine rings is 1. The van der Waals surface area contributed by atoms with E-state index in [-0.39, 0.29) is 17.7 Å². The molecule has 1 saturated heterocycles. The predicted octanol–water partition coefficient (Wildman–Crippen LogP) is 2.29. The fraction of sp³-hybridized carbons (Fsp3) is 0.667. The molecule has 3 rings (SSSR count). The number of hydrogen-bond donors (Lipinski definition) is 1. The standard InChI is InChI=1S/C24H38N4O4S/c29-24(11-10-22-7-5-12-25-21-22)26-13-3-4-20-33(30,31)28(23-8-1-2-9-23)15-6-14-27-16-18-32-19-17-27/h5,7,10-12,21,23H,1-4,6,8-9,13-20H2,(H,26,29). The minimum Gasteiger partial charge on any atom is -0.379 e. The summed E-state index contributed by atoms with van der Waals surface area (Å²) >= 11 is 0. The van der Waals surface area contributed by atoms with Crippen LogP contribution in [0.25, 0.3) is 6.08 Å². The summed E-state index contributed by atoms with van der Waals surface area (Å²) in [4.78, 5) is 18.3. The molecular formula is C24H38N4O4S. The fourth-order valence-corrected chi connectivity index (χ4v) is 6.34. The average Bonchev–Trinajstić information content (AvgIpc) is 3.36. The first-order valence-corrected chi connectivity index (χ1v) is 13.8. The van der Waals surface area contributed by atoms with Gasteiger partial charge in [-0.15, -0.1) is 0 Å². The van der Waals surface area contributed by atoms with Crippen molar-refractivity contribution in [3.63, 3.8) is 0 Å². The second-order valence-electron chi connectivity index (χ2n) is 8.79. The Labute approximate surface area is 198 Å². The first-order chi connectivity index (χ1) is 16.0. The first-order valence-electron chi connectivity index (χ1n) is 12.2. The van der Waals surface area contributed by atoms with Crippen LogP contribution >= 0.6 is 0 Å². The highest BCUT2D eigenvalue weighted by Crippen LogP contribution is 2.26. The van der Waals surface area contributed by atoms with Gasteiger partial charge >= 0.3 is 0 Å². The summed E-state index contributed by atoms with van der Waals surface area (Å²) in [5, 5.41) is 2.82. The highest BCUT2D eigenvalue weighted by molar-refractivity contribution is 7.89. The molecule has 0 bridgehead atoms. The van der Waals surface area contributed by atoms with Crippen molar-refractivity contribution in [1.82, 2.24) is 19.5 Å². The van der Waals surface area contributed by atoms with Crippen LogP contribution < -0.4 is 5.32 Å². The molecule has 0 atom stereocenters. The molecule has 1 saturated carbocycles. The van der Waals surface area contributed by atoms with Gasteiger partial charge < -0.3 is 10.1 Å². The zero-order valence-electron chi connectivity index (χ0n) is 19.5. The van der Waals surface area contributed by atoms with E-state index in [0.717, 1.165) is 70.5 Å². The molecule has 1 aliphatic carbocycles. The van der Waals surface area contributed by atoms with Crippen LogP contribution in [0.4, 0.5) is 0 Å². The van der Waals surface area contributed by atoms with Crippen LogP contribution in [-0.2, 0) is 19.6 Å². The molecular weight excluding hydrogens is 440 g/mol. The number of rotatable bonds is 13. The number of pyridine rings is 1. The lowest BCUT2D eigenvalue weighted by Crippen LogP contribution is -2.43. The number of ether oxygens (including phenoxy) is 1. The molecule has 184 valence electrons. The van der Waals surface area contributed by atoms with E-state index < -0.39 is 10.0 Å². The van der Waals surface area contributed by atoms with Crippen molar-refractivity contribution >= 4 is 22.0 Å². The van der Waals surface area contributed by atoms with Crippen LogP contribution in [0.5, 0.6) is 0 Å². The number of amides is 1. The predicted molar refractivity (Wildman–Crippen MR) is 130 cm³/mol. The topological polar surface area (TPSA) is 91.8 Å². The minimum atomic E-state index is -3.30. The minimum absolute atomic E-state index is 0.141. The van der Waals surface area contributed by atoms with Crippen molar-refractivity contribution in [2.45, 2.75) is 51.0 Å². The Morgan fingerprint density at radius 1 is 1.21 bits per heavy atom. The molecule has 9 heteroatoms. The van der Waals surface area contributed by atoms with E-state index in [4.69, 9.17) is 4.74 Å². The van der Waals surface area contributed by atoms with Crippen molar-refractivity contribution in [2.24, 2.45) is 0 Å². The number of carbonyl (C=O) groups is 1. The highest BCUT2D eigenvalue weighted by Gasteiger charge is 2.31. The molecule has 1 aromatic rings. The molecule has 0 spiro atoms. The lowest BCUT2D eigenvalue weighted by Gasteiger charge is -2.30. The Morgan fingerprint density at radius 2 is 2.00 bits per heavy atom. The van der Waals surface area contributed by atoms with Crippen LogP contribution in [0.1, 0.15) is 50.5 Å². The van der Waals surface area contributed by atoms with Gasteiger partial charge in [-0.25, -0.2) is 8.42 Å². The van der Waals surface area contributed by atoms with Gasteiger partial charge in [0.05, 0.1) is 19.0 Å². The lowest BCUT2D eigenvalue weighted by atomic mass is 10.2. The number of sulfonamides is 1. The van der Waals surface area contributed by atoms with Crippen molar-refractivity contribution in [1.29, 1.82) is 0 Å². The maximum atomic E-state index is 13.1. The molecule has 8 nitrogen and oxygen atoms in total. The van der Waals surface area contributed by atoms with E-state index in [0.29, 0.717) is 25.9 Å². The third-order valence-corrected chi connectivity index (χ3v) is 8.29. The molecule has 0 aromatic carbocycles. The largest absolute Gasteiger partial charge is 0.379 e. The molecule has 1 amide bonds. The lowest BCUT2D eigenvalue weighted by molar-refractivity contribution is -0.116. The molecule has 33 heavy (non-hydrogen) atoms. The van der Waals surface area contributed by atoms with Crippen molar-refractivity contribution in [3.8, 4) is 0 Å². The van der Waals surface area contributed by atoms with E-state index in [1.807, 2.05) is 12.1 Å². The molecule has 1 aliphatic heterocycles. The smallest absolute Gasteiger partial charge is 0.243 e. The van der Waals surface area contributed by atoms with E-state index in [2.05, 4.69) is 15.2 Å². The van der Waals surface area contributed by atoms with Crippen molar-refractivity contribution in [3.05, 3.63) is 36.2 Å². The highest BCUT2D eigenvalue weighted by atomic mass is 32.2. The van der Waals surface area contributed by atoms with Gasteiger partial charge in [-0.05, 0) is 56.4 Å². The Morgan fingerprint density at radius 3 is 2.73 bits per heavy atom. The van der Waals surface area contributed by atoms with Crippen LogP contribution in [0.15, 0.2) is 30.6 Å². The van der Waals surface area contributed by atoms with E-state index >= 15 is 0 Å². The molecule has 0 unspecified atom stereocenters. The Hall–Kier alpha value is -1.81. The van der Waals surface area contributed by atoms with Gasteiger partial charge in [0.15, 0.2) is 0 Å². The molecule has 1 aromatic heterocycles. The Bertz CT molecular complexity index is 835. The van der Waals surface area contributed by atoms with Gasteiger partial charge in [-0.3, -0.25) is 14.7 Å². The second kappa shape index (κ2) is 13.8. The van der Waals surface area contributed by atoms with Crippen LogP contribution in [0.2, 0.25) is 0 Å². The van der Waals surface area contributed by atoms with Crippen molar-refractivity contribution in [2.75, 3.05) is 51.7 Å².